The zero-order valence-corrected chi connectivity index (χ0v) is 14.6. The molecule has 7 nitrogen and oxygen atoms in total. The summed E-state index contributed by atoms with van der Waals surface area (Å²) in [6.07, 6.45) is 5.68. The lowest BCUT2D eigenvalue weighted by atomic mass is 9.99. The molecule has 1 aliphatic heterocycles. The number of urea groups is 1. The molecule has 3 rings (SSSR count). The van der Waals surface area contributed by atoms with Crippen LogP contribution in [-0.4, -0.2) is 32.7 Å². The summed E-state index contributed by atoms with van der Waals surface area (Å²) < 4.78 is 5.19. The predicted molar refractivity (Wildman–Crippen MR) is 89.5 cm³/mol. The summed E-state index contributed by atoms with van der Waals surface area (Å²) in [6, 6.07) is 0.0222. The molecule has 1 saturated heterocycles. The number of aryl methyl sites for hydroxylation is 3. The van der Waals surface area contributed by atoms with Crippen molar-refractivity contribution in [1.82, 2.24) is 25.4 Å². The molecule has 0 radical (unpaired) electrons. The zero-order chi connectivity index (χ0) is 17.1. The van der Waals surface area contributed by atoms with Crippen LogP contribution in [0, 0.1) is 20.8 Å². The Morgan fingerprint density at radius 1 is 1.38 bits per heavy atom. The van der Waals surface area contributed by atoms with Crippen LogP contribution < -0.4 is 5.32 Å². The Bertz CT molecular complexity index is 686. The Morgan fingerprint density at radius 3 is 2.88 bits per heavy atom. The third-order valence-corrected chi connectivity index (χ3v) is 4.78. The summed E-state index contributed by atoms with van der Waals surface area (Å²) in [5.41, 5.74) is 3.95. The quantitative estimate of drug-likeness (QED) is 0.904. The van der Waals surface area contributed by atoms with Gasteiger partial charge in [-0.1, -0.05) is 12.8 Å². The minimum Gasteiger partial charge on any atom is -0.448 e. The van der Waals surface area contributed by atoms with Crippen LogP contribution in [0.5, 0.6) is 0 Å². The van der Waals surface area contributed by atoms with Crippen molar-refractivity contribution in [2.75, 3.05) is 6.54 Å². The number of likely N-dealkylation sites (tertiary alicyclic amines) is 1. The van der Waals surface area contributed by atoms with Crippen molar-refractivity contribution in [2.24, 2.45) is 0 Å². The number of H-pyrrole nitrogens is 1. The minimum atomic E-state index is -0.0516. The van der Waals surface area contributed by atoms with E-state index >= 15 is 0 Å². The van der Waals surface area contributed by atoms with Gasteiger partial charge in [0.1, 0.15) is 11.5 Å². The number of aromatic amines is 1. The molecule has 0 aromatic carbocycles. The fraction of sp³-hybridized carbons (Fsp3) is 0.588. The van der Waals surface area contributed by atoms with E-state index in [1.807, 2.05) is 25.7 Å². The highest BCUT2D eigenvalue weighted by atomic mass is 16.3. The summed E-state index contributed by atoms with van der Waals surface area (Å²) in [7, 11) is 0. The average molecular weight is 331 g/mol. The maximum absolute atomic E-state index is 12.8. The Morgan fingerprint density at radius 2 is 2.21 bits per heavy atom. The van der Waals surface area contributed by atoms with Crippen molar-refractivity contribution in [3.05, 3.63) is 34.8 Å². The molecule has 2 amide bonds. The lowest BCUT2D eigenvalue weighted by Crippen LogP contribution is -2.42. The number of nitrogens with zero attached hydrogens (tertiary/aromatic N) is 3. The highest BCUT2D eigenvalue weighted by Gasteiger charge is 2.30. The molecule has 0 aliphatic carbocycles. The molecule has 7 heteroatoms. The fourth-order valence-corrected chi connectivity index (χ4v) is 3.46. The van der Waals surface area contributed by atoms with Crippen LogP contribution in [0.4, 0.5) is 4.79 Å². The molecular weight excluding hydrogens is 306 g/mol. The molecule has 1 fully saturated rings. The number of rotatable bonds is 3. The maximum atomic E-state index is 12.8. The highest BCUT2D eigenvalue weighted by molar-refractivity contribution is 5.75. The van der Waals surface area contributed by atoms with Crippen LogP contribution in [0.2, 0.25) is 0 Å². The third kappa shape index (κ3) is 3.29. The van der Waals surface area contributed by atoms with E-state index in [9.17, 15) is 4.79 Å². The van der Waals surface area contributed by atoms with Gasteiger partial charge < -0.3 is 14.6 Å². The minimum absolute atomic E-state index is 0.0516. The van der Waals surface area contributed by atoms with Gasteiger partial charge in [0.05, 0.1) is 18.3 Å². The van der Waals surface area contributed by atoms with Gasteiger partial charge in [0, 0.05) is 17.8 Å². The molecule has 0 bridgehead atoms. The predicted octanol–water partition coefficient (Wildman–Crippen LogP) is 3.15. The summed E-state index contributed by atoms with van der Waals surface area (Å²) in [5.74, 6) is 0.740. The molecule has 2 aromatic heterocycles. The Labute approximate surface area is 141 Å². The van der Waals surface area contributed by atoms with Gasteiger partial charge in [0.25, 0.3) is 0 Å². The standard InChI is InChI=1S/C17H25N5O2/c1-11-16(12(2)21-20-11)15-7-5-4-6-8-22(15)17(23)18-9-14-13(3)24-10-19-14/h10,15H,4-9H2,1-3H3,(H,18,23)(H,20,21)/t15-/m1/s1. The number of carbonyl (C=O) groups excluding carboxylic acids is 1. The molecule has 0 spiro atoms. The van der Waals surface area contributed by atoms with E-state index in [0.717, 1.165) is 60.6 Å². The van der Waals surface area contributed by atoms with Crippen molar-refractivity contribution in [3.8, 4) is 0 Å². The van der Waals surface area contributed by atoms with E-state index < -0.39 is 0 Å². The summed E-state index contributed by atoms with van der Waals surface area (Å²) in [5, 5.41) is 10.3. The number of oxazole rings is 1. The van der Waals surface area contributed by atoms with Gasteiger partial charge in [-0.25, -0.2) is 9.78 Å². The molecule has 3 heterocycles. The molecule has 2 N–H and O–H groups in total. The van der Waals surface area contributed by atoms with Crippen LogP contribution in [0.15, 0.2) is 10.8 Å². The number of aromatic nitrogens is 3. The first-order chi connectivity index (χ1) is 11.6. The lowest BCUT2D eigenvalue weighted by molar-refractivity contribution is 0.175. The molecule has 24 heavy (non-hydrogen) atoms. The van der Waals surface area contributed by atoms with E-state index in [2.05, 4.69) is 20.5 Å². The summed E-state index contributed by atoms with van der Waals surface area (Å²) in [4.78, 5) is 18.9. The van der Waals surface area contributed by atoms with E-state index in [1.165, 1.54) is 6.39 Å². The second-order valence-corrected chi connectivity index (χ2v) is 6.42. The van der Waals surface area contributed by atoms with E-state index in [0.29, 0.717) is 6.54 Å². The van der Waals surface area contributed by atoms with Gasteiger partial charge in [-0.05, 0) is 33.6 Å². The zero-order valence-electron chi connectivity index (χ0n) is 14.6. The molecular formula is C17H25N5O2. The topological polar surface area (TPSA) is 87.0 Å². The molecule has 0 saturated carbocycles. The smallest absolute Gasteiger partial charge is 0.318 e. The fourth-order valence-electron chi connectivity index (χ4n) is 3.46. The summed E-state index contributed by atoms with van der Waals surface area (Å²) >= 11 is 0. The van der Waals surface area contributed by atoms with Gasteiger partial charge in [-0.2, -0.15) is 5.10 Å². The van der Waals surface area contributed by atoms with Gasteiger partial charge in [0.15, 0.2) is 6.39 Å². The first-order valence-electron chi connectivity index (χ1n) is 8.53. The lowest BCUT2D eigenvalue weighted by Gasteiger charge is -2.30. The number of amides is 2. The van der Waals surface area contributed by atoms with E-state index in [-0.39, 0.29) is 12.1 Å². The van der Waals surface area contributed by atoms with Crippen molar-refractivity contribution < 1.29 is 9.21 Å². The number of nitrogens with one attached hydrogen (secondary N) is 2. The number of hydrogen-bond donors (Lipinski definition) is 2. The molecule has 1 aliphatic rings. The first kappa shape index (κ1) is 16.5. The van der Waals surface area contributed by atoms with Gasteiger partial charge >= 0.3 is 6.03 Å². The molecule has 2 aromatic rings. The van der Waals surface area contributed by atoms with Crippen molar-refractivity contribution in [2.45, 2.75) is 59.0 Å². The molecule has 1 atom stereocenters. The Hall–Kier alpha value is -2.31. The van der Waals surface area contributed by atoms with Crippen LogP contribution in [0.3, 0.4) is 0 Å². The maximum Gasteiger partial charge on any atom is 0.318 e. The molecule has 0 unspecified atom stereocenters. The van der Waals surface area contributed by atoms with Crippen LogP contribution in [0.1, 0.15) is 60.1 Å². The van der Waals surface area contributed by atoms with E-state index in [4.69, 9.17) is 4.42 Å². The Kier molecular flexibility index (Phi) is 4.87. The average Bonchev–Trinajstić information content (AvgIpc) is 3.02. The van der Waals surface area contributed by atoms with Crippen molar-refractivity contribution >= 4 is 6.03 Å². The largest absolute Gasteiger partial charge is 0.448 e. The number of hydrogen-bond acceptors (Lipinski definition) is 4. The third-order valence-electron chi connectivity index (χ3n) is 4.78. The SMILES string of the molecule is Cc1n[nH]c(C)c1[C@H]1CCCCCN1C(=O)NCc1ncoc1C. The van der Waals surface area contributed by atoms with E-state index in [1.54, 1.807) is 0 Å². The van der Waals surface area contributed by atoms with Crippen LogP contribution in [-0.2, 0) is 6.54 Å². The monoisotopic (exact) mass is 331 g/mol. The second-order valence-electron chi connectivity index (χ2n) is 6.42. The van der Waals surface area contributed by atoms with Gasteiger partial charge in [-0.3, -0.25) is 5.10 Å². The number of carbonyl (C=O) groups is 1. The van der Waals surface area contributed by atoms with Crippen molar-refractivity contribution in [1.29, 1.82) is 0 Å². The van der Waals surface area contributed by atoms with Crippen molar-refractivity contribution in [3.63, 3.8) is 0 Å². The van der Waals surface area contributed by atoms with Gasteiger partial charge in [-0.15, -0.1) is 0 Å². The Balaban J connectivity index is 1.77. The van der Waals surface area contributed by atoms with Gasteiger partial charge in [0.2, 0.25) is 0 Å². The highest BCUT2D eigenvalue weighted by Crippen LogP contribution is 2.33. The summed E-state index contributed by atoms with van der Waals surface area (Å²) in [6.45, 7) is 7.02. The normalized spacial score (nSPS) is 18.5. The first-order valence-corrected chi connectivity index (χ1v) is 8.53. The van der Waals surface area contributed by atoms with Crippen LogP contribution >= 0.6 is 0 Å². The van der Waals surface area contributed by atoms with Crippen LogP contribution in [0.25, 0.3) is 0 Å². The second kappa shape index (κ2) is 7.07. The molecule has 130 valence electrons.